The van der Waals surface area contributed by atoms with E-state index in [1.807, 2.05) is 18.2 Å². The van der Waals surface area contributed by atoms with Gasteiger partial charge >= 0.3 is 5.97 Å². The summed E-state index contributed by atoms with van der Waals surface area (Å²) in [6, 6.07) is 16.9. The summed E-state index contributed by atoms with van der Waals surface area (Å²) in [5.74, 6) is -1.06. The van der Waals surface area contributed by atoms with Crippen molar-refractivity contribution >= 4 is 11.9 Å². The average molecular weight is 353 g/mol. The fourth-order valence-corrected chi connectivity index (χ4v) is 3.08. The minimum absolute atomic E-state index is 0.0529. The molecule has 1 aliphatic heterocycles. The molecule has 5 heteroatoms. The van der Waals surface area contributed by atoms with Crippen LogP contribution in [0.5, 0.6) is 0 Å². The fourth-order valence-electron chi connectivity index (χ4n) is 3.08. The standard InChI is InChI=1S/C21H23NO4/c23-20(13-17-10-4-5-11-19(17)21(24)25)22-14-18(15-22)26-12-6-9-16-7-2-1-3-8-16/h1-5,7-8,10-11,18H,6,9,12-15H2,(H,24,25). The number of carboxylic acids is 1. The number of aromatic carboxylic acids is 1. The lowest BCUT2D eigenvalue weighted by Gasteiger charge is -2.39. The minimum Gasteiger partial charge on any atom is -0.478 e. The van der Waals surface area contributed by atoms with Crippen molar-refractivity contribution in [3.63, 3.8) is 0 Å². The lowest BCUT2D eigenvalue weighted by atomic mass is 10.0. The van der Waals surface area contributed by atoms with Crippen molar-refractivity contribution in [3.05, 3.63) is 71.3 Å². The van der Waals surface area contributed by atoms with Crippen LogP contribution in [0.15, 0.2) is 54.6 Å². The summed E-state index contributed by atoms with van der Waals surface area (Å²) in [5, 5.41) is 9.19. The molecular weight excluding hydrogens is 330 g/mol. The Hall–Kier alpha value is -2.66. The van der Waals surface area contributed by atoms with E-state index in [2.05, 4.69) is 12.1 Å². The molecule has 2 aromatic carbocycles. The second-order valence-electron chi connectivity index (χ2n) is 6.52. The molecule has 0 aliphatic carbocycles. The summed E-state index contributed by atoms with van der Waals surface area (Å²) in [4.78, 5) is 25.2. The molecule has 1 heterocycles. The van der Waals surface area contributed by atoms with Crippen LogP contribution in [0.3, 0.4) is 0 Å². The maximum atomic E-state index is 12.3. The number of likely N-dealkylation sites (tertiary alicyclic amines) is 1. The summed E-state index contributed by atoms with van der Waals surface area (Å²) in [6.45, 7) is 1.85. The van der Waals surface area contributed by atoms with Crippen LogP contribution in [0.1, 0.15) is 27.9 Å². The molecule has 1 amide bonds. The van der Waals surface area contributed by atoms with Crippen LogP contribution in [0.4, 0.5) is 0 Å². The van der Waals surface area contributed by atoms with Gasteiger partial charge in [0.05, 0.1) is 18.1 Å². The molecule has 0 radical (unpaired) electrons. The third kappa shape index (κ3) is 4.70. The van der Waals surface area contributed by atoms with E-state index in [-0.39, 0.29) is 24.0 Å². The Morgan fingerprint density at radius 1 is 1.04 bits per heavy atom. The maximum absolute atomic E-state index is 12.3. The zero-order valence-electron chi connectivity index (χ0n) is 14.6. The molecule has 3 rings (SSSR count). The Morgan fingerprint density at radius 3 is 2.46 bits per heavy atom. The Balaban J connectivity index is 1.37. The van der Waals surface area contributed by atoms with E-state index in [4.69, 9.17) is 4.74 Å². The van der Waals surface area contributed by atoms with E-state index in [1.165, 1.54) is 11.6 Å². The monoisotopic (exact) mass is 353 g/mol. The van der Waals surface area contributed by atoms with Crippen molar-refractivity contribution in [2.24, 2.45) is 0 Å². The van der Waals surface area contributed by atoms with E-state index in [1.54, 1.807) is 23.1 Å². The largest absolute Gasteiger partial charge is 0.478 e. The van der Waals surface area contributed by atoms with Crippen molar-refractivity contribution in [2.75, 3.05) is 19.7 Å². The number of ether oxygens (including phenoxy) is 1. The van der Waals surface area contributed by atoms with Crippen LogP contribution < -0.4 is 0 Å². The van der Waals surface area contributed by atoms with Gasteiger partial charge in [-0.25, -0.2) is 4.79 Å². The van der Waals surface area contributed by atoms with Gasteiger partial charge in [0, 0.05) is 19.7 Å². The lowest BCUT2D eigenvalue weighted by Crippen LogP contribution is -2.55. The second kappa shape index (κ2) is 8.63. The first-order valence-corrected chi connectivity index (χ1v) is 8.88. The summed E-state index contributed by atoms with van der Waals surface area (Å²) in [6.07, 6.45) is 2.15. The molecule has 1 aliphatic rings. The van der Waals surface area contributed by atoms with Crippen LogP contribution >= 0.6 is 0 Å². The minimum atomic E-state index is -1.00. The molecule has 26 heavy (non-hydrogen) atoms. The Morgan fingerprint density at radius 2 is 1.73 bits per heavy atom. The van der Waals surface area contributed by atoms with Gasteiger partial charge in [0.25, 0.3) is 0 Å². The van der Waals surface area contributed by atoms with Crippen LogP contribution in [-0.4, -0.2) is 47.7 Å². The number of carbonyl (C=O) groups excluding carboxylic acids is 1. The predicted octanol–water partition coefficient (Wildman–Crippen LogP) is 2.79. The molecule has 0 aromatic heterocycles. The highest BCUT2D eigenvalue weighted by molar-refractivity contribution is 5.91. The van der Waals surface area contributed by atoms with Gasteiger partial charge in [-0.1, -0.05) is 48.5 Å². The quantitative estimate of drug-likeness (QED) is 0.741. The first kappa shape index (κ1) is 18.1. The molecule has 0 bridgehead atoms. The number of hydrogen-bond acceptors (Lipinski definition) is 3. The number of amides is 1. The van der Waals surface area contributed by atoms with Crippen molar-refractivity contribution in [3.8, 4) is 0 Å². The van der Waals surface area contributed by atoms with Crippen molar-refractivity contribution in [1.29, 1.82) is 0 Å². The Bertz CT molecular complexity index is 754. The molecule has 1 saturated heterocycles. The molecule has 2 aromatic rings. The SMILES string of the molecule is O=C(O)c1ccccc1CC(=O)N1CC(OCCCc2ccccc2)C1. The third-order valence-corrected chi connectivity index (χ3v) is 4.60. The number of carboxylic acid groups (broad SMARTS) is 1. The summed E-state index contributed by atoms with van der Waals surface area (Å²) < 4.78 is 5.80. The number of aryl methyl sites for hydroxylation is 1. The Kier molecular flexibility index (Phi) is 6.02. The average Bonchev–Trinajstić information content (AvgIpc) is 2.61. The van der Waals surface area contributed by atoms with Crippen molar-refractivity contribution < 1.29 is 19.4 Å². The molecule has 0 saturated carbocycles. The number of nitrogens with zero attached hydrogens (tertiary/aromatic N) is 1. The highest BCUT2D eigenvalue weighted by Gasteiger charge is 2.31. The van der Waals surface area contributed by atoms with Gasteiger partial charge in [-0.2, -0.15) is 0 Å². The van der Waals surface area contributed by atoms with Crippen molar-refractivity contribution in [2.45, 2.75) is 25.4 Å². The third-order valence-electron chi connectivity index (χ3n) is 4.60. The summed E-state index contributed by atoms with van der Waals surface area (Å²) in [5.41, 5.74) is 2.05. The second-order valence-corrected chi connectivity index (χ2v) is 6.52. The molecule has 1 fully saturated rings. The van der Waals surface area contributed by atoms with Gasteiger partial charge in [-0.15, -0.1) is 0 Å². The molecule has 1 N–H and O–H groups in total. The normalized spacial score (nSPS) is 14.1. The highest BCUT2D eigenvalue weighted by atomic mass is 16.5. The fraction of sp³-hybridized carbons (Fsp3) is 0.333. The number of rotatable bonds is 8. The van der Waals surface area contributed by atoms with Gasteiger partial charge < -0.3 is 14.7 Å². The molecular formula is C21H23NO4. The van der Waals surface area contributed by atoms with Gasteiger partial charge in [-0.3, -0.25) is 4.79 Å². The smallest absolute Gasteiger partial charge is 0.335 e. The van der Waals surface area contributed by atoms with Crippen molar-refractivity contribution in [1.82, 2.24) is 4.90 Å². The van der Waals surface area contributed by atoms with Gasteiger partial charge in [0.15, 0.2) is 0 Å². The topological polar surface area (TPSA) is 66.8 Å². The molecule has 0 atom stereocenters. The van der Waals surface area contributed by atoms with Gasteiger partial charge in [-0.05, 0) is 30.0 Å². The van der Waals surface area contributed by atoms with Crippen LogP contribution in [0.2, 0.25) is 0 Å². The molecule has 0 unspecified atom stereocenters. The van der Waals surface area contributed by atoms with E-state index < -0.39 is 5.97 Å². The van der Waals surface area contributed by atoms with E-state index in [0.717, 1.165) is 12.8 Å². The number of benzene rings is 2. The maximum Gasteiger partial charge on any atom is 0.335 e. The first-order chi connectivity index (χ1) is 12.6. The lowest BCUT2D eigenvalue weighted by molar-refractivity contribution is -0.144. The first-order valence-electron chi connectivity index (χ1n) is 8.88. The van der Waals surface area contributed by atoms with E-state index in [9.17, 15) is 14.7 Å². The molecule has 136 valence electrons. The molecule has 0 spiro atoms. The zero-order chi connectivity index (χ0) is 18.4. The zero-order valence-corrected chi connectivity index (χ0v) is 14.6. The molecule has 5 nitrogen and oxygen atoms in total. The van der Waals surface area contributed by atoms with Crippen LogP contribution in [-0.2, 0) is 22.4 Å². The van der Waals surface area contributed by atoms with Gasteiger partial charge in [0.2, 0.25) is 5.91 Å². The van der Waals surface area contributed by atoms with Crippen LogP contribution in [0.25, 0.3) is 0 Å². The highest BCUT2D eigenvalue weighted by Crippen LogP contribution is 2.17. The number of hydrogen-bond donors (Lipinski definition) is 1. The number of carbonyl (C=O) groups is 2. The van der Waals surface area contributed by atoms with Gasteiger partial charge in [0.1, 0.15) is 0 Å². The predicted molar refractivity (Wildman–Crippen MR) is 98.2 cm³/mol. The van der Waals surface area contributed by atoms with Crippen LogP contribution in [0, 0.1) is 0 Å². The summed E-state index contributed by atoms with van der Waals surface area (Å²) >= 11 is 0. The van der Waals surface area contributed by atoms with E-state index >= 15 is 0 Å². The Labute approximate surface area is 153 Å². The summed E-state index contributed by atoms with van der Waals surface area (Å²) in [7, 11) is 0. The van der Waals surface area contributed by atoms with E-state index in [0.29, 0.717) is 25.3 Å².